The Morgan fingerprint density at radius 2 is 1.87 bits per heavy atom. The van der Waals surface area contributed by atoms with Gasteiger partial charge in [0.1, 0.15) is 12.0 Å². The van der Waals surface area contributed by atoms with Crippen LogP contribution in [0.4, 0.5) is 5.82 Å². The fraction of sp³-hybridized carbons (Fsp3) is 0.0909. The molecule has 0 aliphatic rings. The molecule has 0 radical (unpaired) electrons. The van der Waals surface area contributed by atoms with Crippen LogP contribution in [0.15, 0.2) is 36.7 Å². The predicted molar refractivity (Wildman–Crippen MR) is 58.4 cm³/mol. The number of benzene rings is 1. The summed E-state index contributed by atoms with van der Waals surface area (Å²) in [5.41, 5.74) is 7.37. The molecule has 0 aliphatic heterocycles. The van der Waals surface area contributed by atoms with Gasteiger partial charge in [-0.2, -0.15) is 0 Å². The van der Waals surface area contributed by atoms with Gasteiger partial charge >= 0.3 is 0 Å². The SMILES string of the molecule is COc1c(N)ncnc1-c1ccccc1. The summed E-state index contributed by atoms with van der Waals surface area (Å²) in [6.45, 7) is 0. The van der Waals surface area contributed by atoms with E-state index in [-0.39, 0.29) is 0 Å². The molecule has 2 rings (SSSR count). The van der Waals surface area contributed by atoms with Gasteiger partial charge in [0, 0.05) is 5.56 Å². The first-order valence-electron chi connectivity index (χ1n) is 4.53. The average Bonchev–Trinajstić information content (AvgIpc) is 2.30. The van der Waals surface area contributed by atoms with Crippen LogP contribution in [0.25, 0.3) is 11.3 Å². The third-order valence-electron chi connectivity index (χ3n) is 2.08. The van der Waals surface area contributed by atoms with Gasteiger partial charge in [0.15, 0.2) is 11.6 Å². The molecule has 0 aliphatic carbocycles. The van der Waals surface area contributed by atoms with Crippen molar-refractivity contribution < 1.29 is 4.74 Å². The van der Waals surface area contributed by atoms with Gasteiger partial charge in [-0.3, -0.25) is 0 Å². The monoisotopic (exact) mass is 201 g/mol. The number of methoxy groups -OCH3 is 1. The number of hydrogen-bond acceptors (Lipinski definition) is 4. The van der Waals surface area contributed by atoms with Crippen molar-refractivity contribution in [1.29, 1.82) is 0 Å². The van der Waals surface area contributed by atoms with Crippen molar-refractivity contribution in [3.05, 3.63) is 36.7 Å². The van der Waals surface area contributed by atoms with Crippen LogP contribution in [0.5, 0.6) is 5.75 Å². The van der Waals surface area contributed by atoms with Crippen LogP contribution in [0, 0.1) is 0 Å². The second-order valence-electron chi connectivity index (χ2n) is 3.01. The molecule has 15 heavy (non-hydrogen) atoms. The number of nitrogen functional groups attached to an aromatic ring is 1. The lowest BCUT2D eigenvalue weighted by Gasteiger charge is -2.08. The van der Waals surface area contributed by atoms with E-state index in [0.717, 1.165) is 5.56 Å². The van der Waals surface area contributed by atoms with E-state index < -0.39 is 0 Å². The number of anilines is 1. The summed E-state index contributed by atoms with van der Waals surface area (Å²) < 4.78 is 5.18. The van der Waals surface area contributed by atoms with Gasteiger partial charge in [-0.15, -0.1) is 0 Å². The van der Waals surface area contributed by atoms with Crippen molar-refractivity contribution in [2.45, 2.75) is 0 Å². The normalized spacial score (nSPS) is 9.93. The number of rotatable bonds is 2. The van der Waals surface area contributed by atoms with Crippen molar-refractivity contribution >= 4 is 5.82 Å². The summed E-state index contributed by atoms with van der Waals surface area (Å²) in [6.07, 6.45) is 1.43. The van der Waals surface area contributed by atoms with Crippen molar-refractivity contribution in [2.24, 2.45) is 0 Å². The molecule has 0 fully saturated rings. The average molecular weight is 201 g/mol. The third-order valence-corrected chi connectivity index (χ3v) is 2.08. The molecule has 0 spiro atoms. The van der Waals surface area contributed by atoms with Crippen molar-refractivity contribution in [2.75, 3.05) is 12.8 Å². The van der Waals surface area contributed by atoms with Gasteiger partial charge in [0.25, 0.3) is 0 Å². The van der Waals surface area contributed by atoms with E-state index in [9.17, 15) is 0 Å². The Morgan fingerprint density at radius 1 is 1.13 bits per heavy atom. The highest BCUT2D eigenvalue weighted by Gasteiger charge is 2.10. The summed E-state index contributed by atoms with van der Waals surface area (Å²) in [4.78, 5) is 8.04. The lowest BCUT2D eigenvalue weighted by atomic mass is 10.1. The fourth-order valence-corrected chi connectivity index (χ4v) is 1.39. The van der Waals surface area contributed by atoms with E-state index in [4.69, 9.17) is 10.5 Å². The maximum absolute atomic E-state index is 5.69. The molecular formula is C11H11N3O. The molecule has 1 aromatic carbocycles. The second-order valence-corrected chi connectivity index (χ2v) is 3.01. The Morgan fingerprint density at radius 3 is 2.53 bits per heavy atom. The summed E-state index contributed by atoms with van der Waals surface area (Å²) in [5, 5.41) is 0. The lowest BCUT2D eigenvalue weighted by molar-refractivity contribution is 0.415. The van der Waals surface area contributed by atoms with E-state index in [2.05, 4.69) is 9.97 Å². The Bertz CT molecular complexity index is 457. The maximum atomic E-state index is 5.69. The maximum Gasteiger partial charge on any atom is 0.187 e. The standard InChI is InChI=1S/C11H11N3O/c1-15-10-9(13-7-14-11(10)12)8-5-3-2-4-6-8/h2-7H,1H3,(H2,12,13,14). The first-order chi connectivity index (χ1) is 7.33. The van der Waals surface area contributed by atoms with Crippen LogP contribution < -0.4 is 10.5 Å². The van der Waals surface area contributed by atoms with Crippen LogP contribution in [-0.2, 0) is 0 Å². The summed E-state index contributed by atoms with van der Waals surface area (Å²) >= 11 is 0. The Labute approximate surface area is 87.7 Å². The zero-order valence-electron chi connectivity index (χ0n) is 8.34. The molecule has 0 saturated carbocycles. The van der Waals surface area contributed by atoms with Crippen LogP contribution in [0.3, 0.4) is 0 Å². The summed E-state index contributed by atoms with van der Waals surface area (Å²) in [7, 11) is 1.56. The molecule has 0 unspecified atom stereocenters. The summed E-state index contributed by atoms with van der Waals surface area (Å²) in [6, 6.07) is 9.72. The Kier molecular flexibility index (Phi) is 2.49. The molecule has 2 N–H and O–H groups in total. The topological polar surface area (TPSA) is 61.0 Å². The van der Waals surface area contributed by atoms with E-state index in [0.29, 0.717) is 17.3 Å². The third kappa shape index (κ3) is 1.74. The zero-order chi connectivity index (χ0) is 10.7. The van der Waals surface area contributed by atoms with Crippen LogP contribution in [-0.4, -0.2) is 17.1 Å². The fourth-order valence-electron chi connectivity index (χ4n) is 1.39. The Balaban J connectivity index is 2.58. The van der Waals surface area contributed by atoms with E-state index >= 15 is 0 Å². The quantitative estimate of drug-likeness (QED) is 0.803. The predicted octanol–water partition coefficient (Wildman–Crippen LogP) is 1.73. The molecule has 76 valence electrons. The minimum absolute atomic E-state index is 0.353. The van der Waals surface area contributed by atoms with Crippen molar-refractivity contribution in [3.63, 3.8) is 0 Å². The van der Waals surface area contributed by atoms with Crippen molar-refractivity contribution in [1.82, 2.24) is 9.97 Å². The minimum atomic E-state index is 0.353. The van der Waals surface area contributed by atoms with Gasteiger partial charge in [-0.1, -0.05) is 30.3 Å². The smallest absolute Gasteiger partial charge is 0.187 e. The first kappa shape index (κ1) is 9.45. The molecule has 1 heterocycles. The minimum Gasteiger partial charge on any atom is -0.491 e. The van der Waals surface area contributed by atoms with Gasteiger partial charge in [0.05, 0.1) is 7.11 Å². The van der Waals surface area contributed by atoms with Crippen LogP contribution in [0.2, 0.25) is 0 Å². The summed E-state index contributed by atoms with van der Waals surface area (Å²) in [5.74, 6) is 0.870. The zero-order valence-corrected chi connectivity index (χ0v) is 8.34. The van der Waals surface area contributed by atoms with E-state index in [1.54, 1.807) is 7.11 Å². The van der Waals surface area contributed by atoms with Gasteiger partial charge in [-0.05, 0) is 0 Å². The highest BCUT2D eigenvalue weighted by atomic mass is 16.5. The largest absolute Gasteiger partial charge is 0.491 e. The number of nitrogens with two attached hydrogens (primary N) is 1. The number of aromatic nitrogens is 2. The molecule has 0 atom stereocenters. The second kappa shape index (κ2) is 3.96. The highest BCUT2D eigenvalue weighted by molar-refractivity contribution is 5.71. The van der Waals surface area contributed by atoms with Gasteiger partial charge < -0.3 is 10.5 Å². The molecule has 1 aromatic heterocycles. The number of nitrogens with zero attached hydrogens (tertiary/aromatic N) is 2. The molecule has 4 nitrogen and oxygen atoms in total. The van der Waals surface area contributed by atoms with Gasteiger partial charge in [0.2, 0.25) is 0 Å². The number of hydrogen-bond donors (Lipinski definition) is 1. The van der Waals surface area contributed by atoms with E-state index in [1.807, 2.05) is 30.3 Å². The van der Waals surface area contributed by atoms with Gasteiger partial charge in [-0.25, -0.2) is 9.97 Å². The Hall–Kier alpha value is -2.10. The number of ether oxygens (including phenoxy) is 1. The molecular weight excluding hydrogens is 190 g/mol. The van der Waals surface area contributed by atoms with Crippen LogP contribution >= 0.6 is 0 Å². The van der Waals surface area contributed by atoms with Crippen molar-refractivity contribution in [3.8, 4) is 17.0 Å². The lowest BCUT2D eigenvalue weighted by Crippen LogP contribution is -1.99. The highest BCUT2D eigenvalue weighted by Crippen LogP contribution is 2.30. The molecule has 0 saturated heterocycles. The molecule has 0 bridgehead atoms. The first-order valence-corrected chi connectivity index (χ1v) is 4.53. The van der Waals surface area contributed by atoms with Crippen LogP contribution in [0.1, 0.15) is 0 Å². The molecule has 4 heteroatoms. The molecule has 2 aromatic rings. The van der Waals surface area contributed by atoms with E-state index in [1.165, 1.54) is 6.33 Å². The molecule has 0 amide bonds.